The van der Waals surface area contributed by atoms with E-state index >= 15 is 0 Å². The van der Waals surface area contributed by atoms with Crippen molar-refractivity contribution in [3.63, 3.8) is 0 Å². The first-order chi connectivity index (χ1) is 8.58. The van der Waals surface area contributed by atoms with Crippen molar-refractivity contribution in [3.05, 3.63) is 36.4 Å². The van der Waals surface area contributed by atoms with Crippen molar-refractivity contribution in [1.82, 2.24) is 0 Å². The first-order valence-electron chi connectivity index (χ1n) is 5.09. The molecule has 2 nitrogen and oxygen atoms in total. The second kappa shape index (κ2) is 5.88. The summed E-state index contributed by atoms with van der Waals surface area (Å²) in [6.45, 7) is 0. The summed E-state index contributed by atoms with van der Waals surface area (Å²) in [7, 11) is 0. The van der Waals surface area contributed by atoms with Crippen LogP contribution >= 0.6 is 49.7 Å². The van der Waals surface area contributed by atoms with Gasteiger partial charge in [0, 0.05) is 5.39 Å². The van der Waals surface area contributed by atoms with E-state index in [9.17, 15) is 0 Å². The van der Waals surface area contributed by atoms with E-state index in [1.165, 1.54) is 0 Å². The molecule has 0 amide bonds. The molecule has 0 spiro atoms. The molecule has 0 aliphatic carbocycles. The smallest absolute Gasteiger partial charge is 0.135 e. The van der Waals surface area contributed by atoms with Gasteiger partial charge < -0.3 is 10.6 Å². The molecule has 0 bridgehead atoms. The molecule has 0 aliphatic rings. The minimum absolute atomic E-state index is 0.401. The van der Waals surface area contributed by atoms with Crippen LogP contribution in [0.4, 0.5) is 11.4 Å². The lowest BCUT2D eigenvalue weighted by atomic mass is 10.1. The zero-order valence-corrected chi connectivity index (χ0v) is 12.6. The number of anilines is 2. The molecule has 0 aromatic heterocycles. The normalized spacial score (nSPS) is 10.1. The van der Waals surface area contributed by atoms with Gasteiger partial charge in [-0.25, -0.2) is 0 Å². The van der Waals surface area contributed by atoms with E-state index in [0.29, 0.717) is 8.64 Å². The summed E-state index contributed by atoms with van der Waals surface area (Å²) in [6.07, 6.45) is 0. The molecule has 92 valence electrons. The lowest BCUT2D eigenvalue weighted by molar-refractivity contribution is 1.67. The van der Waals surface area contributed by atoms with Crippen molar-refractivity contribution < 1.29 is 0 Å². The predicted octanol–water partition coefficient (Wildman–Crippen LogP) is 4.09. The van der Waals surface area contributed by atoms with Crippen molar-refractivity contribution in [1.29, 1.82) is 0 Å². The maximum absolute atomic E-state index is 4.99. The summed E-state index contributed by atoms with van der Waals surface area (Å²) in [5.74, 6) is 0. The van der Waals surface area contributed by atoms with Crippen molar-refractivity contribution in [2.75, 3.05) is 10.6 Å². The van der Waals surface area contributed by atoms with Crippen LogP contribution in [0.3, 0.4) is 0 Å². The van der Waals surface area contributed by atoms with E-state index < -0.39 is 0 Å². The molecule has 0 radical (unpaired) electrons. The van der Waals surface area contributed by atoms with Crippen LogP contribution in [0.5, 0.6) is 0 Å². The summed E-state index contributed by atoms with van der Waals surface area (Å²) in [5, 5.41) is 8.23. The number of benzene rings is 2. The largest absolute Gasteiger partial charge is 0.340 e. The van der Waals surface area contributed by atoms with E-state index in [1.54, 1.807) is 0 Å². The van der Waals surface area contributed by atoms with Gasteiger partial charge in [-0.1, -0.05) is 54.8 Å². The Hall–Kier alpha value is -0.820. The zero-order valence-electron chi connectivity index (χ0n) is 9.18. The summed E-state index contributed by atoms with van der Waals surface area (Å²) >= 11 is 18.1. The van der Waals surface area contributed by atoms with Gasteiger partial charge in [-0.3, -0.25) is 0 Å². The lowest BCUT2D eigenvalue weighted by Gasteiger charge is -2.14. The quantitative estimate of drug-likeness (QED) is 0.496. The van der Waals surface area contributed by atoms with E-state index in [4.69, 9.17) is 24.4 Å². The number of hydrogen-bond acceptors (Lipinski definition) is 2. The van der Waals surface area contributed by atoms with Crippen molar-refractivity contribution >= 4 is 80.5 Å². The summed E-state index contributed by atoms with van der Waals surface area (Å²) < 4.78 is 0.804. The monoisotopic (exact) mass is 310 g/mol. The Morgan fingerprint density at radius 1 is 0.889 bits per heavy atom. The van der Waals surface area contributed by atoms with E-state index in [2.05, 4.69) is 35.9 Å². The van der Waals surface area contributed by atoms with Crippen LogP contribution in [0.1, 0.15) is 0 Å². The minimum Gasteiger partial charge on any atom is -0.340 e. The van der Waals surface area contributed by atoms with Gasteiger partial charge in [0.15, 0.2) is 0 Å². The van der Waals surface area contributed by atoms with Gasteiger partial charge in [0.25, 0.3) is 0 Å². The molecule has 2 rings (SSSR count). The topological polar surface area (TPSA) is 24.1 Å². The second-order valence-corrected chi connectivity index (χ2v) is 5.89. The highest BCUT2D eigenvalue weighted by molar-refractivity contribution is 8.11. The summed E-state index contributed by atoms with van der Waals surface area (Å²) in [6, 6.07) is 11.9. The van der Waals surface area contributed by atoms with Crippen LogP contribution in [0, 0.1) is 0 Å². The third-order valence-electron chi connectivity index (χ3n) is 2.40. The minimum atomic E-state index is 0.401. The first kappa shape index (κ1) is 13.6. The number of hydrogen-bond donors (Lipinski definition) is 4. The number of nitrogens with one attached hydrogen (secondary N) is 2. The lowest BCUT2D eigenvalue weighted by Crippen LogP contribution is -2.08. The Morgan fingerprint density at radius 2 is 1.56 bits per heavy atom. The van der Waals surface area contributed by atoms with Crippen LogP contribution in [-0.4, -0.2) is 8.64 Å². The predicted molar refractivity (Wildman–Crippen MR) is 94.4 cm³/mol. The van der Waals surface area contributed by atoms with Crippen molar-refractivity contribution in [2.45, 2.75) is 0 Å². The van der Waals surface area contributed by atoms with E-state index in [-0.39, 0.29) is 0 Å². The van der Waals surface area contributed by atoms with Crippen LogP contribution in [0.15, 0.2) is 36.4 Å². The highest BCUT2D eigenvalue weighted by Gasteiger charge is 2.08. The zero-order chi connectivity index (χ0) is 13.1. The summed E-state index contributed by atoms with van der Waals surface area (Å²) in [4.78, 5) is 0. The fraction of sp³-hybridized carbons (Fsp3) is 0. The third kappa shape index (κ3) is 3.14. The average molecular weight is 310 g/mol. The molecule has 0 heterocycles. The number of rotatable bonds is 2. The maximum Gasteiger partial charge on any atom is 0.135 e. The Labute approximate surface area is 127 Å². The van der Waals surface area contributed by atoms with Crippen molar-refractivity contribution in [3.8, 4) is 0 Å². The highest BCUT2D eigenvalue weighted by Crippen LogP contribution is 2.32. The van der Waals surface area contributed by atoms with Gasteiger partial charge in [-0.05, 0) is 11.5 Å². The van der Waals surface area contributed by atoms with Gasteiger partial charge in [-0.2, -0.15) is 0 Å². The standard InChI is InChI=1S/C12H10N2S4/c15-11(16)13-9-6-5-7-3-1-2-4-8(7)10(9)14-12(17)18/h1-6H,(H2,13,15,16)(H2,14,17,18). The Balaban J connectivity index is 2.62. The van der Waals surface area contributed by atoms with Crippen LogP contribution < -0.4 is 10.6 Å². The molecule has 18 heavy (non-hydrogen) atoms. The van der Waals surface area contributed by atoms with E-state index in [0.717, 1.165) is 22.1 Å². The average Bonchev–Trinajstić information content (AvgIpc) is 2.31. The number of thiocarbonyl (C=S) groups is 2. The molecule has 0 saturated heterocycles. The van der Waals surface area contributed by atoms with Gasteiger partial charge in [-0.15, -0.1) is 25.3 Å². The fourth-order valence-corrected chi connectivity index (χ4v) is 2.18. The molecule has 2 aromatic rings. The molecular formula is C12H10N2S4. The molecule has 0 atom stereocenters. The van der Waals surface area contributed by atoms with Crippen LogP contribution in [0.2, 0.25) is 0 Å². The van der Waals surface area contributed by atoms with Crippen LogP contribution in [-0.2, 0) is 0 Å². The molecule has 0 aliphatic heterocycles. The Kier molecular flexibility index (Phi) is 4.45. The van der Waals surface area contributed by atoms with Crippen molar-refractivity contribution in [2.24, 2.45) is 0 Å². The molecule has 6 heteroatoms. The van der Waals surface area contributed by atoms with E-state index in [1.807, 2.05) is 36.4 Å². The SMILES string of the molecule is S=C(S)Nc1ccc2ccccc2c1NC(=S)S. The van der Waals surface area contributed by atoms with Gasteiger partial charge >= 0.3 is 0 Å². The maximum atomic E-state index is 4.99. The molecule has 0 unspecified atom stereocenters. The van der Waals surface area contributed by atoms with Crippen LogP contribution in [0.25, 0.3) is 10.8 Å². The highest BCUT2D eigenvalue weighted by atomic mass is 32.1. The molecule has 0 fully saturated rings. The Bertz CT molecular complexity index is 625. The molecule has 0 saturated carbocycles. The molecular weight excluding hydrogens is 300 g/mol. The number of thiol groups is 2. The molecule has 2 aromatic carbocycles. The van der Waals surface area contributed by atoms with Gasteiger partial charge in [0.2, 0.25) is 0 Å². The van der Waals surface area contributed by atoms with Gasteiger partial charge in [0.1, 0.15) is 8.64 Å². The first-order valence-corrected chi connectivity index (χ1v) is 6.80. The third-order valence-corrected chi connectivity index (χ3v) is 2.83. The second-order valence-electron chi connectivity index (χ2n) is 3.57. The number of fused-ring (bicyclic) bond motifs is 1. The van der Waals surface area contributed by atoms with Gasteiger partial charge in [0.05, 0.1) is 11.4 Å². The Morgan fingerprint density at radius 3 is 2.22 bits per heavy atom. The summed E-state index contributed by atoms with van der Waals surface area (Å²) in [5.41, 5.74) is 1.68. The fourth-order valence-electron chi connectivity index (χ4n) is 1.73. The molecule has 2 N–H and O–H groups in total.